The molecule has 0 aliphatic heterocycles. The Labute approximate surface area is 117 Å². The quantitative estimate of drug-likeness (QED) is 0.566. The van der Waals surface area contributed by atoms with E-state index in [4.69, 9.17) is 5.11 Å². The number of hydrogen-bond acceptors (Lipinski definition) is 2. The van der Waals surface area contributed by atoms with E-state index < -0.39 is 5.97 Å². The predicted octanol–water partition coefficient (Wildman–Crippen LogP) is 3.35. The summed E-state index contributed by atoms with van der Waals surface area (Å²) in [5.41, 5.74) is 0. The molecule has 4 nitrogen and oxygen atoms in total. The van der Waals surface area contributed by atoms with Gasteiger partial charge < -0.3 is 10.4 Å². The predicted molar refractivity (Wildman–Crippen MR) is 77.0 cm³/mol. The lowest BCUT2D eigenvalue weighted by atomic mass is 10.0. The molecule has 1 atom stereocenters. The van der Waals surface area contributed by atoms with Crippen LogP contribution in [0.5, 0.6) is 0 Å². The Hall–Kier alpha value is -1.06. The fourth-order valence-electron chi connectivity index (χ4n) is 1.99. The van der Waals surface area contributed by atoms with Gasteiger partial charge in [-0.15, -0.1) is 0 Å². The second-order valence-corrected chi connectivity index (χ2v) is 5.53. The Morgan fingerprint density at radius 1 is 1.05 bits per heavy atom. The summed E-state index contributed by atoms with van der Waals surface area (Å²) in [5, 5.41) is 11.6. The van der Waals surface area contributed by atoms with Crippen LogP contribution >= 0.6 is 0 Å². The first-order valence-corrected chi connectivity index (χ1v) is 7.48. The number of carbonyl (C=O) groups excluding carboxylic acids is 1. The van der Waals surface area contributed by atoms with Crippen LogP contribution in [0.15, 0.2) is 0 Å². The van der Waals surface area contributed by atoms with Gasteiger partial charge in [0.1, 0.15) is 0 Å². The zero-order valence-electron chi connectivity index (χ0n) is 12.6. The highest BCUT2D eigenvalue weighted by atomic mass is 16.4. The number of aliphatic carboxylic acids is 1. The molecule has 2 N–H and O–H groups in total. The molecule has 0 saturated heterocycles. The third-order valence-electron chi connectivity index (χ3n) is 3.30. The van der Waals surface area contributed by atoms with Crippen molar-refractivity contribution in [2.24, 2.45) is 5.92 Å². The molecule has 0 aromatic rings. The molecule has 19 heavy (non-hydrogen) atoms. The molecule has 0 aromatic carbocycles. The van der Waals surface area contributed by atoms with Crippen molar-refractivity contribution in [2.75, 3.05) is 0 Å². The molecule has 0 spiro atoms. The third-order valence-corrected chi connectivity index (χ3v) is 3.30. The van der Waals surface area contributed by atoms with Gasteiger partial charge in [-0.25, -0.2) is 0 Å². The minimum Gasteiger partial charge on any atom is -0.481 e. The van der Waals surface area contributed by atoms with Crippen LogP contribution in [0.4, 0.5) is 0 Å². The van der Waals surface area contributed by atoms with Gasteiger partial charge in [0.25, 0.3) is 0 Å². The molecule has 0 aliphatic carbocycles. The standard InChI is InChI=1S/C15H29NO3/c1-4-5-6-7-8-9-10-14(17)16-13(12(2)3)11-15(18)19/h12-13H,4-11H2,1-3H3,(H,16,17)(H,18,19). The average molecular weight is 271 g/mol. The van der Waals surface area contributed by atoms with Crippen LogP contribution in [-0.2, 0) is 9.59 Å². The van der Waals surface area contributed by atoms with Crippen LogP contribution in [-0.4, -0.2) is 23.0 Å². The SMILES string of the molecule is CCCCCCCCC(=O)NC(CC(=O)O)C(C)C. The Bertz CT molecular complexity index is 264. The second kappa shape index (κ2) is 10.8. The van der Waals surface area contributed by atoms with Gasteiger partial charge in [-0.1, -0.05) is 52.9 Å². The number of rotatable bonds is 11. The minimum absolute atomic E-state index is 0.0000926. The van der Waals surface area contributed by atoms with E-state index in [0.29, 0.717) is 6.42 Å². The maximum Gasteiger partial charge on any atom is 0.305 e. The van der Waals surface area contributed by atoms with Crippen LogP contribution in [0.1, 0.15) is 72.1 Å². The summed E-state index contributed by atoms with van der Waals surface area (Å²) >= 11 is 0. The van der Waals surface area contributed by atoms with Crippen molar-refractivity contribution >= 4 is 11.9 Å². The number of hydrogen-bond donors (Lipinski definition) is 2. The summed E-state index contributed by atoms with van der Waals surface area (Å²) in [7, 11) is 0. The fraction of sp³-hybridized carbons (Fsp3) is 0.867. The molecular weight excluding hydrogens is 242 g/mol. The van der Waals surface area contributed by atoms with Gasteiger partial charge in [0.2, 0.25) is 5.91 Å². The Morgan fingerprint density at radius 2 is 1.63 bits per heavy atom. The van der Waals surface area contributed by atoms with Gasteiger partial charge in [-0.2, -0.15) is 0 Å². The molecule has 4 heteroatoms. The molecule has 1 amide bonds. The number of amides is 1. The molecule has 0 bridgehead atoms. The summed E-state index contributed by atoms with van der Waals surface area (Å²) in [6.45, 7) is 6.04. The van der Waals surface area contributed by atoms with Crippen LogP contribution in [0, 0.1) is 5.92 Å². The summed E-state index contributed by atoms with van der Waals surface area (Å²) in [5.74, 6) is -0.737. The van der Waals surface area contributed by atoms with Crippen molar-refractivity contribution in [3.63, 3.8) is 0 Å². The average Bonchev–Trinajstić information content (AvgIpc) is 2.32. The molecule has 0 radical (unpaired) electrons. The van der Waals surface area contributed by atoms with E-state index >= 15 is 0 Å². The molecule has 0 heterocycles. The van der Waals surface area contributed by atoms with Crippen LogP contribution < -0.4 is 5.32 Å². The lowest BCUT2D eigenvalue weighted by molar-refractivity contribution is -0.138. The Morgan fingerprint density at radius 3 is 2.16 bits per heavy atom. The Balaban J connectivity index is 3.78. The molecule has 0 fully saturated rings. The van der Waals surface area contributed by atoms with Crippen molar-refractivity contribution in [1.29, 1.82) is 0 Å². The maximum absolute atomic E-state index is 11.7. The molecule has 0 aliphatic rings. The zero-order chi connectivity index (χ0) is 14.7. The summed E-state index contributed by atoms with van der Waals surface area (Å²) in [4.78, 5) is 22.4. The number of carboxylic acid groups (broad SMARTS) is 1. The first kappa shape index (κ1) is 17.9. The first-order valence-electron chi connectivity index (χ1n) is 7.48. The van der Waals surface area contributed by atoms with E-state index in [1.165, 1.54) is 25.7 Å². The van der Waals surface area contributed by atoms with E-state index in [-0.39, 0.29) is 24.3 Å². The number of carbonyl (C=O) groups is 2. The first-order chi connectivity index (χ1) is 8.97. The van der Waals surface area contributed by atoms with E-state index in [2.05, 4.69) is 12.2 Å². The monoisotopic (exact) mass is 271 g/mol. The molecule has 0 aromatic heterocycles. The van der Waals surface area contributed by atoms with Gasteiger partial charge in [0, 0.05) is 12.5 Å². The molecule has 112 valence electrons. The van der Waals surface area contributed by atoms with E-state index in [1.807, 2.05) is 13.8 Å². The zero-order valence-corrected chi connectivity index (χ0v) is 12.6. The van der Waals surface area contributed by atoms with Crippen LogP contribution in [0.2, 0.25) is 0 Å². The lowest BCUT2D eigenvalue weighted by Crippen LogP contribution is -2.39. The fourth-order valence-corrected chi connectivity index (χ4v) is 1.99. The lowest BCUT2D eigenvalue weighted by Gasteiger charge is -2.20. The number of nitrogens with one attached hydrogen (secondary N) is 1. The topological polar surface area (TPSA) is 66.4 Å². The summed E-state index contributed by atoms with van der Waals surface area (Å²) in [6, 6.07) is -0.259. The molecule has 0 rings (SSSR count). The highest BCUT2D eigenvalue weighted by molar-refractivity contribution is 5.77. The van der Waals surface area contributed by atoms with Gasteiger partial charge in [-0.3, -0.25) is 9.59 Å². The normalized spacial score (nSPS) is 12.4. The molecule has 0 saturated carbocycles. The van der Waals surface area contributed by atoms with Crippen molar-refractivity contribution < 1.29 is 14.7 Å². The van der Waals surface area contributed by atoms with Crippen molar-refractivity contribution in [1.82, 2.24) is 5.32 Å². The van der Waals surface area contributed by atoms with Gasteiger partial charge in [-0.05, 0) is 12.3 Å². The number of unbranched alkanes of at least 4 members (excludes halogenated alkanes) is 5. The van der Waals surface area contributed by atoms with Crippen molar-refractivity contribution in [3.05, 3.63) is 0 Å². The smallest absolute Gasteiger partial charge is 0.305 e. The van der Waals surface area contributed by atoms with Crippen molar-refractivity contribution in [2.45, 2.75) is 78.2 Å². The Kier molecular flexibility index (Phi) is 10.2. The van der Waals surface area contributed by atoms with Crippen LogP contribution in [0.25, 0.3) is 0 Å². The summed E-state index contributed by atoms with van der Waals surface area (Å²) < 4.78 is 0. The van der Waals surface area contributed by atoms with Gasteiger partial charge >= 0.3 is 5.97 Å². The largest absolute Gasteiger partial charge is 0.481 e. The van der Waals surface area contributed by atoms with E-state index in [9.17, 15) is 9.59 Å². The third kappa shape index (κ3) is 10.5. The van der Waals surface area contributed by atoms with Gasteiger partial charge in [0.15, 0.2) is 0 Å². The van der Waals surface area contributed by atoms with E-state index in [1.54, 1.807) is 0 Å². The van der Waals surface area contributed by atoms with E-state index in [0.717, 1.165) is 12.8 Å². The number of carboxylic acids is 1. The van der Waals surface area contributed by atoms with Crippen LogP contribution in [0.3, 0.4) is 0 Å². The molecule has 1 unspecified atom stereocenters. The summed E-state index contributed by atoms with van der Waals surface area (Å²) in [6.07, 6.45) is 7.41. The minimum atomic E-state index is -0.862. The highest BCUT2D eigenvalue weighted by Crippen LogP contribution is 2.09. The second-order valence-electron chi connectivity index (χ2n) is 5.53. The van der Waals surface area contributed by atoms with Gasteiger partial charge in [0.05, 0.1) is 6.42 Å². The molecular formula is C15H29NO3. The maximum atomic E-state index is 11.7. The highest BCUT2D eigenvalue weighted by Gasteiger charge is 2.18. The van der Waals surface area contributed by atoms with Crippen molar-refractivity contribution in [3.8, 4) is 0 Å².